The quantitative estimate of drug-likeness (QED) is 0.553. The van der Waals surface area contributed by atoms with Crippen LogP contribution in [-0.2, 0) is 4.79 Å². The number of carbonyl (C=O) groups excluding carboxylic acids is 1. The summed E-state index contributed by atoms with van der Waals surface area (Å²) >= 11 is 0. The van der Waals surface area contributed by atoms with Crippen molar-refractivity contribution in [3.05, 3.63) is 24.6 Å². The minimum Gasteiger partial charge on any atom is -0.287 e. The van der Waals surface area contributed by atoms with Crippen molar-refractivity contribution in [2.75, 3.05) is 0 Å². The van der Waals surface area contributed by atoms with Crippen LogP contribution in [0.25, 0.3) is 0 Å². The van der Waals surface area contributed by atoms with E-state index < -0.39 is 0 Å². The second-order valence-electron chi connectivity index (χ2n) is 2.08. The lowest BCUT2D eigenvalue weighted by Crippen LogP contribution is -2.04. The molecule has 0 fully saturated rings. The first-order valence-electron chi connectivity index (χ1n) is 3.84. The monoisotopic (exact) mass is 152 g/mol. The van der Waals surface area contributed by atoms with Crippen LogP contribution in [0.5, 0.6) is 0 Å². The van der Waals surface area contributed by atoms with E-state index in [1.807, 2.05) is 26.0 Å². The van der Waals surface area contributed by atoms with Crippen molar-refractivity contribution in [3.8, 4) is 0 Å². The molecule has 0 aliphatic carbocycles. The molecule has 61 valence electrons. The van der Waals surface area contributed by atoms with E-state index in [0.717, 1.165) is 12.8 Å². The maximum Gasteiger partial charge on any atom is 0.320 e. The van der Waals surface area contributed by atoms with Gasteiger partial charge in [-0.05, 0) is 12.8 Å². The van der Waals surface area contributed by atoms with E-state index in [4.69, 9.17) is 0 Å². The minimum absolute atomic E-state index is 0.929. The topological polar surface area (TPSA) is 20.3 Å². The molecule has 0 bridgehead atoms. The Labute approximate surface area is 68.2 Å². The third-order valence-corrected chi connectivity index (χ3v) is 1.11. The molecule has 0 aromatic heterocycles. The summed E-state index contributed by atoms with van der Waals surface area (Å²) in [7, 11) is 0. The summed E-state index contributed by atoms with van der Waals surface area (Å²) in [5, 5.41) is 0. The van der Waals surface area contributed by atoms with Crippen molar-refractivity contribution in [2.24, 2.45) is 0 Å². The molecule has 0 unspecified atom stereocenters. The van der Waals surface area contributed by atoms with Crippen molar-refractivity contribution in [3.63, 3.8) is 0 Å². The molecular weight excluding hydrogens is 138 g/mol. The van der Waals surface area contributed by atoms with Crippen LogP contribution in [0.2, 0.25) is 0 Å². The Morgan fingerprint density at radius 2 is 1.64 bits per heavy atom. The van der Waals surface area contributed by atoms with Gasteiger partial charge in [-0.25, -0.2) is 0 Å². The van der Waals surface area contributed by atoms with Crippen molar-refractivity contribution in [1.82, 2.24) is 4.90 Å². The third kappa shape index (κ3) is 5.40. The standard InChI is InChI=1S/C9H14NO/c1-3-5-7-10(9-11)8-6-4-2/h5-8H,3-4H2,1-2H3. The van der Waals surface area contributed by atoms with Gasteiger partial charge < -0.3 is 0 Å². The molecule has 1 radical (unpaired) electrons. The zero-order chi connectivity index (χ0) is 8.53. The van der Waals surface area contributed by atoms with Gasteiger partial charge in [-0.3, -0.25) is 9.69 Å². The predicted molar refractivity (Wildman–Crippen MR) is 46.4 cm³/mol. The smallest absolute Gasteiger partial charge is 0.287 e. The van der Waals surface area contributed by atoms with E-state index in [-0.39, 0.29) is 0 Å². The summed E-state index contributed by atoms with van der Waals surface area (Å²) in [6.07, 6.45) is 10.9. The summed E-state index contributed by atoms with van der Waals surface area (Å²) in [6, 6.07) is 0. The molecule has 2 nitrogen and oxygen atoms in total. The summed E-state index contributed by atoms with van der Waals surface area (Å²) in [5.41, 5.74) is 0. The van der Waals surface area contributed by atoms with Crippen molar-refractivity contribution in [1.29, 1.82) is 0 Å². The van der Waals surface area contributed by atoms with Gasteiger partial charge in [0, 0.05) is 12.4 Å². The molecule has 0 heterocycles. The highest BCUT2D eigenvalue weighted by Gasteiger charge is 1.87. The highest BCUT2D eigenvalue weighted by atomic mass is 16.1. The summed E-state index contributed by atoms with van der Waals surface area (Å²) in [4.78, 5) is 11.6. The molecule has 11 heavy (non-hydrogen) atoms. The fourth-order valence-electron chi connectivity index (χ4n) is 0.548. The number of rotatable bonds is 5. The molecule has 1 amide bonds. The van der Waals surface area contributed by atoms with Gasteiger partial charge in [0.05, 0.1) is 0 Å². The lowest BCUT2D eigenvalue weighted by molar-refractivity contribution is 0.512. The zero-order valence-corrected chi connectivity index (χ0v) is 7.08. The zero-order valence-electron chi connectivity index (χ0n) is 7.08. The van der Waals surface area contributed by atoms with Crippen molar-refractivity contribution >= 4 is 6.41 Å². The first-order chi connectivity index (χ1) is 5.35. The summed E-state index contributed by atoms with van der Waals surface area (Å²) in [6.45, 7) is 4.03. The van der Waals surface area contributed by atoms with Gasteiger partial charge in [-0.15, -0.1) is 0 Å². The third-order valence-electron chi connectivity index (χ3n) is 1.11. The Hall–Kier alpha value is -1.05. The molecule has 0 aliphatic rings. The molecule has 0 aromatic carbocycles. The Morgan fingerprint density at radius 3 is 1.91 bits per heavy atom. The number of hydrogen-bond donors (Lipinski definition) is 0. The van der Waals surface area contributed by atoms with E-state index in [2.05, 4.69) is 0 Å². The number of amides is 1. The molecule has 0 saturated heterocycles. The van der Waals surface area contributed by atoms with Gasteiger partial charge >= 0.3 is 6.41 Å². The van der Waals surface area contributed by atoms with Crippen LogP contribution in [0.1, 0.15) is 26.7 Å². The molecule has 0 N–H and O–H groups in total. The van der Waals surface area contributed by atoms with Crippen LogP contribution < -0.4 is 0 Å². The van der Waals surface area contributed by atoms with Crippen LogP contribution in [0, 0.1) is 0 Å². The molecule has 0 aliphatic heterocycles. The normalized spacial score (nSPS) is 11.1. The van der Waals surface area contributed by atoms with Gasteiger partial charge in [0.1, 0.15) is 0 Å². The summed E-state index contributed by atoms with van der Waals surface area (Å²) in [5.74, 6) is 0. The average Bonchev–Trinajstić information content (AvgIpc) is 2.05. The highest BCUT2D eigenvalue weighted by molar-refractivity contribution is 5.51. The molecule has 0 rings (SSSR count). The summed E-state index contributed by atoms with van der Waals surface area (Å²) < 4.78 is 0. The predicted octanol–water partition coefficient (Wildman–Crippen LogP) is 2.20. The molecule has 0 atom stereocenters. The average molecular weight is 152 g/mol. The molecular formula is C9H14NO. The van der Waals surface area contributed by atoms with Gasteiger partial charge in [0.25, 0.3) is 0 Å². The fraction of sp³-hybridized carbons (Fsp3) is 0.444. The maximum absolute atomic E-state index is 10.2. The Morgan fingerprint density at radius 1 is 1.18 bits per heavy atom. The van der Waals surface area contributed by atoms with Gasteiger partial charge in [-0.2, -0.15) is 0 Å². The highest BCUT2D eigenvalue weighted by Crippen LogP contribution is 1.90. The van der Waals surface area contributed by atoms with Gasteiger partial charge in [0.15, 0.2) is 0 Å². The Bertz CT molecular complexity index is 136. The van der Waals surface area contributed by atoms with Crippen LogP contribution in [0.15, 0.2) is 24.6 Å². The maximum atomic E-state index is 10.2. The van der Waals surface area contributed by atoms with Crippen molar-refractivity contribution < 1.29 is 4.79 Å². The van der Waals surface area contributed by atoms with E-state index in [1.54, 1.807) is 18.8 Å². The van der Waals surface area contributed by atoms with Crippen LogP contribution in [-0.4, -0.2) is 11.3 Å². The minimum atomic E-state index is 0.929. The van der Waals surface area contributed by atoms with E-state index >= 15 is 0 Å². The number of nitrogens with zero attached hydrogens (tertiary/aromatic N) is 1. The Balaban J connectivity index is 3.85. The van der Waals surface area contributed by atoms with Gasteiger partial charge in [-0.1, -0.05) is 26.0 Å². The van der Waals surface area contributed by atoms with Crippen LogP contribution in [0.4, 0.5) is 0 Å². The molecule has 0 aromatic rings. The number of hydrogen-bond acceptors (Lipinski definition) is 1. The second-order valence-corrected chi connectivity index (χ2v) is 2.08. The van der Waals surface area contributed by atoms with Gasteiger partial charge in [0.2, 0.25) is 0 Å². The second kappa shape index (κ2) is 7.06. The van der Waals surface area contributed by atoms with E-state index in [1.165, 1.54) is 4.90 Å². The van der Waals surface area contributed by atoms with E-state index in [0.29, 0.717) is 0 Å². The fourth-order valence-corrected chi connectivity index (χ4v) is 0.548. The number of allylic oxidation sites excluding steroid dienone is 2. The van der Waals surface area contributed by atoms with Crippen LogP contribution >= 0.6 is 0 Å². The van der Waals surface area contributed by atoms with Crippen LogP contribution in [0.3, 0.4) is 0 Å². The Kier molecular flexibility index (Phi) is 6.39. The molecule has 0 spiro atoms. The van der Waals surface area contributed by atoms with E-state index in [9.17, 15) is 4.79 Å². The lowest BCUT2D eigenvalue weighted by Gasteiger charge is -2.01. The largest absolute Gasteiger partial charge is 0.320 e. The first kappa shape index (κ1) is 9.95. The first-order valence-corrected chi connectivity index (χ1v) is 3.84. The SMILES string of the molecule is CCC=CN([C]=O)C=CCC. The lowest BCUT2D eigenvalue weighted by atomic mass is 10.4. The molecule has 2 heteroatoms. The van der Waals surface area contributed by atoms with Crippen molar-refractivity contribution in [2.45, 2.75) is 26.7 Å². The molecule has 0 saturated carbocycles.